The second-order valence-electron chi connectivity index (χ2n) is 2.62. The van der Waals surface area contributed by atoms with Crippen LogP contribution in [-0.2, 0) is 4.79 Å². The lowest BCUT2D eigenvalue weighted by atomic mass is 9.98. The topological polar surface area (TPSA) is 17.1 Å². The standard InChI is InChI=1S/C8H15ClO/c1-3-5-7(4-2)6-8(9)10/h7H,3-6H2,1-2H3/t7-/m1/s1. The van der Waals surface area contributed by atoms with Gasteiger partial charge in [-0.15, -0.1) is 0 Å². The summed E-state index contributed by atoms with van der Waals surface area (Å²) >= 11 is 5.25. The van der Waals surface area contributed by atoms with E-state index in [1.54, 1.807) is 0 Å². The number of hydrogen-bond donors (Lipinski definition) is 0. The van der Waals surface area contributed by atoms with Gasteiger partial charge in [-0.3, -0.25) is 4.79 Å². The molecule has 2 heteroatoms. The largest absolute Gasteiger partial charge is 0.281 e. The molecule has 0 saturated heterocycles. The van der Waals surface area contributed by atoms with Gasteiger partial charge < -0.3 is 0 Å². The molecule has 0 unspecified atom stereocenters. The molecule has 0 N–H and O–H groups in total. The molecule has 60 valence electrons. The zero-order valence-electron chi connectivity index (χ0n) is 6.69. The van der Waals surface area contributed by atoms with Crippen LogP contribution in [0.3, 0.4) is 0 Å². The second-order valence-corrected chi connectivity index (χ2v) is 3.04. The van der Waals surface area contributed by atoms with Crippen LogP contribution in [0.1, 0.15) is 39.5 Å². The van der Waals surface area contributed by atoms with E-state index in [0.29, 0.717) is 12.3 Å². The van der Waals surface area contributed by atoms with Crippen molar-refractivity contribution < 1.29 is 4.79 Å². The van der Waals surface area contributed by atoms with Crippen LogP contribution < -0.4 is 0 Å². The van der Waals surface area contributed by atoms with Gasteiger partial charge in [-0.1, -0.05) is 33.1 Å². The van der Waals surface area contributed by atoms with Gasteiger partial charge in [0.05, 0.1) is 0 Å². The first-order valence-corrected chi connectivity index (χ1v) is 4.26. The SMILES string of the molecule is CCC[C@@H](CC)CC(=O)Cl. The maximum Gasteiger partial charge on any atom is 0.221 e. The molecule has 0 fully saturated rings. The Balaban J connectivity index is 3.49. The van der Waals surface area contributed by atoms with E-state index in [4.69, 9.17) is 11.6 Å². The van der Waals surface area contributed by atoms with E-state index in [2.05, 4.69) is 13.8 Å². The van der Waals surface area contributed by atoms with E-state index in [-0.39, 0.29) is 5.24 Å². The molecule has 0 aliphatic heterocycles. The Morgan fingerprint density at radius 3 is 2.40 bits per heavy atom. The fourth-order valence-electron chi connectivity index (χ4n) is 1.09. The highest BCUT2D eigenvalue weighted by atomic mass is 35.5. The Morgan fingerprint density at radius 2 is 2.10 bits per heavy atom. The quantitative estimate of drug-likeness (QED) is 0.568. The van der Waals surface area contributed by atoms with E-state index in [9.17, 15) is 4.79 Å². The predicted octanol–water partition coefficient (Wildman–Crippen LogP) is 2.97. The fourth-order valence-corrected chi connectivity index (χ4v) is 1.30. The van der Waals surface area contributed by atoms with Crippen LogP contribution >= 0.6 is 11.6 Å². The van der Waals surface area contributed by atoms with Gasteiger partial charge in [-0.25, -0.2) is 0 Å². The molecule has 0 aromatic carbocycles. The average Bonchev–Trinajstić information content (AvgIpc) is 1.86. The van der Waals surface area contributed by atoms with Crippen LogP contribution in [0.4, 0.5) is 0 Å². The summed E-state index contributed by atoms with van der Waals surface area (Å²) in [5.74, 6) is 0.509. The van der Waals surface area contributed by atoms with Gasteiger partial charge in [-0.2, -0.15) is 0 Å². The summed E-state index contributed by atoms with van der Waals surface area (Å²) in [6.45, 7) is 4.22. The van der Waals surface area contributed by atoms with Crippen molar-refractivity contribution in [2.75, 3.05) is 0 Å². The van der Waals surface area contributed by atoms with Crippen LogP contribution in [0.15, 0.2) is 0 Å². The van der Waals surface area contributed by atoms with E-state index in [0.717, 1.165) is 19.3 Å². The van der Waals surface area contributed by atoms with Gasteiger partial charge in [0.2, 0.25) is 5.24 Å². The molecule has 0 rings (SSSR count). The molecule has 0 aromatic heterocycles. The normalized spacial score (nSPS) is 13.1. The smallest absolute Gasteiger partial charge is 0.221 e. The minimum absolute atomic E-state index is 0.194. The molecule has 0 aliphatic carbocycles. The fraction of sp³-hybridized carbons (Fsp3) is 0.875. The lowest BCUT2D eigenvalue weighted by molar-refractivity contribution is -0.112. The minimum Gasteiger partial charge on any atom is -0.281 e. The van der Waals surface area contributed by atoms with Crippen molar-refractivity contribution in [3.63, 3.8) is 0 Å². The first kappa shape index (κ1) is 9.96. The molecule has 10 heavy (non-hydrogen) atoms. The van der Waals surface area contributed by atoms with Crippen LogP contribution in [-0.4, -0.2) is 5.24 Å². The maximum absolute atomic E-state index is 10.5. The van der Waals surface area contributed by atoms with Crippen LogP contribution in [0, 0.1) is 5.92 Å². The Labute approximate surface area is 67.8 Å². The van der Waals surface area contributed by atoms with E-state index >= 15 is 0 Å². The van der Waals surface area contributed by atoms with Gasteiger partial charge in [0.15, 0.2) is 0 Å². The number of hydrogen-bond acceptors (Lipinski definition) is 1. The minimum atomic E-state index is -0.194. The number of carbonyl (C=O) groups is 1. The zero-order valence-corrected chi connectivity index (χ0v) is 7.45. The Bertz CT molecular complexity index is 101. The second kappa shape index (κ2) is 5.72. The Kier molecular flexibility index (Phi) is 5.70. The summed E-state index contributed by atoms with van der Waals surface area (Å²) in [6, 6.07) is 0. The van der Waals surface area contributed by atoms with Crippen molar-refractivity contribution in [3.8, 4) is 0 Å². The molecule has 0 radical (unpaired) electrons. The van der Waals surface area contributed by atoms with Gasteiger partial charge >= 0.3 is 0 Å². The summed E-state index contributed by atoms with van der Waals surface area (Å²) in [5.41, 5.74) is 0. The van der Waals surface area contributed by atoms with Gasteiger partial charge in [-0.05, 0) is 17.5 Å². The lowest BCUT2D eigenvalue weighted by Gasteiger charge is -2.09. The number of halogens is 1. The highest BCUT2D eigenvalue weighted by molar-refractivity contribution is 6.63. The molecule has 1 atom stereocenters. The van der Waals surface area contributed by atoms with Crippen molar-refractivity contribution in [1.29, 1.82) is 0 Å². The Hall–Kier alpha value is -0.0400. The van der Waals surface area contributed by atoms with Crippen molar-refractivity contribution in [3.05, 3.63) is 0 Å². The third-order valence-corrected chi connectivity index (χ3v) is 1.88. The van der Waals surface area contributed by atoms with Gasteiger partial charge in [0, 0.05) is 6.42 Å². The summed E-state index contributed by atoms with van der Waals surface area (Å²) < 4.78 is 0. The highest BCUT2D eigenvalue weighted by Crippen LogP contribution is 2.15. The monoisotopic (exact) mass is 162 g/mol. The highest BCUT2D eigenvalue weighted by Gasteiger charge is 2.08. The molecular weight excluding hydrogens is 148 g/mol. The molecule has 1 nitrogen and oxygen atoms in total. The summed E-state index contributed by atoms with van der Waals surface area (Å²) in [7, 11) is 0. The third-order valence-electron chi connectivity index (χ3n) is 1.72. The maximum atomic E-state index is 10.5. The van der Waals surface area contributed by atoms with Crippen LogP contribution in [0.5, 0.6) is 0 Å². The third kappa shape index (κ3) is 4.80. The van der Waals surface area contributed by atoms with E-state index < -0.39 is 0 Å². The Morgan fingerprint density at radius 1 is 1.50 bits per heavy atom. The van der Waals surface area contributed by atoms with Crippen molar-refractivity contribution in [1.82, 2.24) is 0 Å². The molecule has 0 amide bonds. The average molecular weight is 163 g/mol. The van der Waals surface area contributed by atoms with Crippen molar-refractivity contribution in [2.24, 2.45) is 5.92 Å². The first-order valence-electron chi connectivity index (χ1n) is 3.89. The summed E-state index contributed by atoms with van der Waals surface area (Å²) in [6.07, 6.45) is 3.87. The van der Waals surface area contributed by atoms with Crippen molar-refractivity contribution in [2.45, 2.75) is 39.5 Å². The van der Waals surface area contributed by atoms with E-state index in [1.165, 1.54) is 0 Å². The summed E-state index contributed by atoms with van der Waals surface area (Å²) in [4.78, 5) is 10.5. The molecule has 0 spiro atoms. The van der Waals surface area contributed by atoms with Crippen LogP contribution in [0.2, 0.25) is 0 Å². The number of rotatable bonds is 5. The van der Waals surface area contributed by atoms with Gasteiger partial charge in [0.1, 0.15) is 0 Å². The molecular formula is C8H15ClO. The number of carbonyl (C=O) groups excluding carboxylic acids is 1. The molecule has 0 heterocycles. The molecule has 0 aliphatic rings. The van der Waals surface area contributed by atoms with Gasteiger partial charge in [0.25, 0.3) is 0 Å². The van der Waals surface area contributed by atoms with E-state index in [1.807, 2.05) is 0 Å². The first-order chi connectivity index (χ1) is 4.70. The molecule has 0 saturated carbocycles. The summed E-state index contributed by atoms with van der Waals surface area (Å²) in [5, 5.41) is -0.194. The predicted molar refractivity (Wildman–Crippen MR) is 44.2 cm³/mol. The lowest BCUT2D eigenvalue weighted by Crippen LogP contribution is -2.02. The van der Waals surface area contributed by atoms with Crippen LogP contribution in [0.25, 0.3) is 0 Å². The zero-order chi connectivity index (χ0) is 7.98. The van der Waals surface area contributed by atoms with Crippen molar-refractivity contribution >= 4 is 16.8 Å². The molecule has 0 bridgehead atoms. The molecule has 0 aromatic rings.